The zero-order valence-corrected chi connectivity index (χ0v) is 12.1. The highest BCUT2D eigenvalue weighted by atomic mass is 79.9. The lowest BCUT2D eigenvalue weighted by molar-refractivity contribution is -0.131. The first-order valence-electron chi connectivity index (χ1n) is 5.51. The van der Waals surface area contributed by atoms with Crippen molar-refractivity contribution in [2.24, 2.45) is 5.92 Å². The Kier molecular flexibility index (Phi) is 4.90. The van der Waals surface area contributed by atoms with Gasteiger partial charge < -0.3 is 9.84 Å². The highest BCUT2D eigenvalue weighted by Crippen LogP contribution is 2.29. The number of aryl methyl sites for hydroxylation is 1. The van der Waals surface area contributed by atoms with Gasteiger partial charge in [0.05, 0.1) is 5.56 Å². The predicted molar refractivity (Wildman–Crippen MR) is 71.4 cm³/mol. The van der Waals surface area contributed by atoms with Gasteiger partial charge in [0, 0.05) is 12.0 Å². The largest absolute Gasteiger partial charge is 0.507 e. The molecule has 0 radical (unpaired) electrons. The predicted octanol–water partition coefficient (Wildman–Crippen LogP) is 2.84. The summed E-state index contributed by atoms with van der Waals surface area (Å²) in [5.74, 6) is -0.713. The van der Waals surface area contributed by atoms with Crippen LogP contribution in [0.4, 0.5) is 0 Å². The van der Waals surface area contributed by atoms with Crippen molar-refractivity contribution in [1.29, 1.82) is 0 Å². The molecule has 0 heterocycles. The van der Waals surface area contributed by atoms with Gasteiger partial charge >= 0.3 is 5.97 Å². The van der Waals surface area contributed by atoms with E-state index in [4.69, 9.17) is 4.74 Å². The SMILES string of the molecule is Cc1cc(C(=O)C(C)C)c(O)cc1OC(=O)CBr. The van der Waals surface area contributed by atoms with Crippen molar-refractivity contribution in [3.05, 3.63) is 23.3 Å². The van der Waals surface area contributed by atoms with Crippen LogP contribution in [0.25, 0.3) is 0 Å². The van der Waals surface area contributed by atoms with Crippen LogP contribution in [0.3, 0.4) is 0 Å². The van der Waals surface area contributed by atoms with Gasteiger partial charge in [-0.25, -0.2) is 0 Å². The van der Waals surface area contributed by atoms with E-state index in [0.29, 0.717) is 5.56 Å². The van der Waals surface area contributed by atoms with Crippen molar-refractivity contribution in [1.82, 2.24) is 0 Å². The molecule has 0 aliphatic carbocycles. The lowest BCUT2D eigenvalue weighted by Gasteiger charge is -2.11. The Morgan fingerprint density at radius 2 is 2.00 bits per heavy atom. The summed E-state index contributed by atoms with van der Waals surface area (Å²) in [5.41, 5.74) is 0.882. The average Bonchev–Trinajstić information content (AvgIpc) is 2.32. The smallest absolute Gasteiger partial charge is 0.321 e. The van der Waals surface area contributed by atoms with E-state index in [1.807, 2.05) is 0 Å². The molecular weight excluding hydrogens is 300 g/mol. The minimum absolute atomic E-state index is 0.0693. The third kappa shape index (κ3) is 3.32. The molecule has 0 spiro atoms. The second-order valence-corrected chi connectivity index (χ2v) is 4.82. The molecular formula is C13H15BrO4. The summed E-state index contributed by atoms with van der Waals surface area (Å²) < 4.78 is 5.01. The molecule has 1 rings (SSSR count). The van der Waals surface area contributed by atoms with Crippen LogP contribution in [-0.2, 0) is 4.79 Å². The Morgan fingerprint density at radius 1 is 1.39 bits per heavy atom. The molecule has 5 heteroatoms. The van der Waals surface area contributed by atoms with Crippen LogP contribution >= 0.6 is 15.9 Å². The van der Waals surface area contributed by atoms with Gasteiger partial charge in [-0.1, -0.05) is 29.8 Å². The molecule has 0 aliphatic rings. The van der Waals surface area contributed by atoms with Crippen molar-refractivity contribution in [2.75, 3.05) is 5.33 Å². The fourth-order valence-corrected chi connectivity index (χ4v) is 1.56. The topological polar surface area (TPSA) is 63.6 Å². The maximum Gasteiger partial charge on any atom is 0.321 e. The van der Waals surface area contributed by atoms with Gasteiger partial charge in [0.25, 0.3) is 0 Å². The lowest BCUT2D eigenvalue weighted by Crippen LogP contribution is -2.11. The Balaban J connectivity index is 3.12. The maximum absolute atomic E-state index is 11.8. The second kappa shape index (κ2) is 6.00. The average molecular weight is 315 g/mol. The first kappa shape index (κ1) is 14.7. The minimum Gasteiger partial charge on any atom is -0.507 e. The molecule has 1 aromatic rings. The number of hydrogen-bond acceptors (Lipinski definition) is 4. The molecule has 0 atom stereocenters. The van der Waals surface area contributed by atoms with Crippen LogP contribution in [0.15, 0.2) is 12.1 Å². The third-order valence-corrected chi connectivity index (χ3v) is 2.87. The fraction of sp³-hybridized carbons (Fsp3) is 0.385. The van der Waals surface area contributed by atoms with Gasteiger partial charge in [-0.2, -0.15) is 0 Å². The summed E-state index contributed by atoms with van der Waals surface area (Å²) in [4.78, 5) is 23.0. The summed E-state index contributed by atoms with van der Waals surface area (Å²) >= 11 is 2.98. The van der Waals surface area contributed by atoms with E-state index in [2.05, 4.69) is 15.9 Å². The highest BCUT2D eigenvalue weighted by molar-refractivity contribution is 9.09. The number of carbonyl (C=O) groups excluding carboxylic acids is 2. The molecule has 0 aliphatic heterocycles. The van der Waals surface area contributed by atoms with Crippen LogP contribution in [0.2, 0.25) is 0 Å². The van der Waals surface area contributed by atoms with E-state index in [0.717, 1.165) is 0 Å². The van der Waals surface area contributed by atoms with Gasteiger partial charge in [-0.3, -0.25) is 9.59 Å². The molecule has 18 heavy (non-hydrogen) atoms. The van der Waals surface area contributed by atoms with E-state index in [-0.39, 0.29) is 34.1 Å². The van der Waals surface area contributed by atoms with Gasteiger partial charge in [-0.15, -0.1) is 0 Å². The summed E-state index contributed by atoms with van der Waals surface area (Å²) in [6, 6.07) is 2.83. The van der Waals surface area contributed by atoms with E-state index < -0.39 is 5.97 Å². The number of esters is 1. The third-order valence-electron chi connectivity index (χ3n) is 2.42. The summed E-state index contributed by atoms with van der Waals surface area (Å²) in [5, 5.41) is 9.87. The van der Waals surface area contributed by atoms with Gasteiger partial charge in [0.15, 0.2) is 5.78 Å². The van der Waals surface area contributed by atoms with Crippen molar-refractivity contribution in [2.45, 2.75) is 20.8 Å². The monoisotopic (exact) mass is 314 g/mol. The maximum atomic E-state index is 11.8. The number of carbonyl (C=O) groups is 2. The number of benzene rings is 1. The Bertz CT molecular complexity index is 480. The normalized spacial score (nSPS) is 10.5. The molecule has 4 nitrogen and oxygen atoms in total. The number of phenolic OH excluding ortho intramolecular Hbond substituents is 1. The summed E-state index contributed by atoms with van der Waals surface area (Å²) in [7, 11) is 0. The van der Waals surface area contributed by atoms with Crippen molar-refractivity contribution >= 4 is 27.7 Å². The molecule has 0 aromatic heterocycles. The van der Waals surface area contributed by atoms with Crippen LogP contribution in [0.5, 0.6) is 11.5 Å². The number of ether oxygens (including phenoxy) is 1. The van der Waals surface area contributed by atoms with Gasteiger partial charge in [0.2, 0.25) is 0 Å². The quantitative estimate of drug-likeness (QED) is 0.402. The van der Waals surface area contributed by atoms with E-state index in [9.17, 15) is 14.7 Å². The van der Waals surface area contributed by atoms with E-state index in [1.54, 1.807) is 20.8 Å². The molecule has 0 bridgehead atoms. The first-order valence-corrected chi connectivity index (χ1v) is 6.63. The van der Waals surface area contributed by atoms with Crippen LogP contribution in [0.1, 0.15) is 29.8 Å². The van der Waals surface area contributed by atoms with Gasteiger partial charge in [0.1, 0.15) is 16.8 Å². The molecule has 1 N–H and O–H groups in total. The molecule has 0 fully saturated rings. The zero-order valence-electron chi connectivity index (χ0n) is 10.5. The summed E-state index contributed by atoms with van der Waals surface area (Å²) in [6.45, 7) is 5.24. The van der Waals surface area contributed by atoms with Crippen LogP contribution < -0.4 is 4.74 Å². The Labute approximate surface area is 114 Å². The highest BCUT2D eigenvalue weighted by Gasteiger charge is 2.18. The fourth-order valence-electron chi connectivity index (χ4n) is 1.45. The number of alkyl halides is 1. The van der Waals surface area contributed by atoms with Crippen molar-refractivity contribution in [3.63, 3.8) is 0 Å². The zero-order chi connectivity index (χ0) is 13.9. The summed E-state index contributed by atoms with van der Waals surface area (Å²) in [6.07, 6.45) is 0. The lowest BCUT2D eigenvalue weighted by atomic mass is 9.98. The van der Waals surface area contributed by atoms with Crippen molar-refractivity contribution < 1.29 is 19.4 Å². The standard InChI is InChI=1S/C13H15BrO4/c1-7(2)13(17)9-4-8(3)11(5-10(9)15)18-12(16)6-14/h4-5,7,15H,6H2,1-3H3. The molecule has 0 saturated heterocycles. The number of Topliss-reactive ketones (excluding diaryl/α,β-unsaturated/α-hetero) is 1. The molecule has 98 valence electrons. The van der Waals surface area contributed by atoms with Crippen LogP contribution in [0, 0.1) is 12.8 Å². The van der Waals surface area contributed by atoms with E-state index in [1.165, 1.54) is 12.1 Å². The number of rotatable bonds is 4. The molecule has 0 saturated carbocycles. The first-order chi connectivity index (χ1) is 8.36. The minimum atomic E-state index is -0.458. The number of hydrogen-bond donors (Lipinski definition) is 1. The number of phenols is 1. The Hall–Kier alpha value is -1.36. The number of ketones is 1. The Morgan fingerprint density at radius 3 is 2.50 bits per heavy atom. The molecule has 1 aromatic carbocycles. The van der Waals surface area contributed by atoms with E-state index >= 15 is 0 Å². The number of halogens is 1. The van der Waals surface area contributed by atoms with Crippen molar-refractivity contribution in [3.8, 4) is 11.5 Å². The number of aromatic hydroxyl groups is 1. The molecule has 0 amide bonds. The van der Waals surface area contributed by atoms with Crippen LogP contribution in [-0.4, -0.2) is 22.2 Å². The second-order valence-electron chi connectivity index (χ2n) is 4.26. The molecule has 0 unspecified atom stereocenters. The van der Waals surface area contributed by atoms with Gasteiger partial charge in [-0.05, 0) is 18.6 Å².